The van der Waals surface area contributed by atoms with Crippen molar-refractivity contribution in [2.45, 2.75) is 30.9 Å². The number of hydrogen-bond donors (Lipinski definition) is 3. The second-order valence-electron chi connectivity index (χ2n) is 5.83. The lowest BCUT2D eigenvalue weighted by Gasteiger charge is -2.06. The number of nitrogens with zero attached hydrogens (tertiary/aromatic N) is 1. The van der Waals surface area contributed by atoms with Crippen molar-refractivity contribution >= 4 is 29.3 Å². The van der Waals surface area contributed by atoms with E-state index in [1.807, 2.05) is 30.3 Å². The fraction of sp³-hybridized carbons (Fsp3) is 0.353. The van der Waals surface area contributed by atoms with Crippen molar-refractivity contribution in [2.24, 2.45) is 0 Å². The van der Waals surface area contributed by atoms with Gasteiger partial charge in [0.1, 0.15) is 0 Å². The van der Waals surface area contributed by atoms with Crippen LogP contribution in [0.3, 0.4) is 0 Å². The molecule has 0 radical (unpaired) electrons. The summed E-state index contributed by atoms with van der Waals surface area (Å²) in [7, 11) is 0. The van der Waals surface area contributed by atoms with Gasteiger partial charge < -0.3 is 10.4 Å². The van der Waals surface area contributed by atoms with Crippen LogP contribution in [0.25, 0.3) is 0 Å². The van der Waals surface area contributed by atoms with Gasteiger partial charge in [0.2, 0.25) is 0 Å². The number of benzene rings is 1. The Kier molecular flexibility index (Phi) is 5.20. The molecule has 2 aromatic rings. The minimum Gasteiger partial charge on any atom is -0.481 e. The molecule has 0 saturated heterocycles. The quantitative estimate of drug-likeness (QED) is 0.638. The second kappa shape index (κ2) is 7.53. The first-order valence-electron chi connectivity index (χ1n) is 7.87. The molecular weight excluding hydrogens is 326 g/mol. The first-order valence-corrected chi connectivity index (χ1v) is 9.02. The molecule has 1 saturated carbocycles. The fourth-order valence-corrected chi connectivity index (χ4v) is 3.22. The highest BCUT2D eigenvalue weighted by Crippen LogP contribution is 2.39. The van der Waals surface area contributed by atoms with E-state index in [0.717, 1.165) is 24.1 Å². The SMILES string of the molecule is O=C(O)CCSCc1cccc(NC(=O)c2cc(C3CC3)[nH]n2)c1. The van der Waals surface area contributed by atoms with Gasteiger partial charge in [0.05, 0.1) is 6.42 Å². The van der Waals surface area contributed by atoms with E-state index in [-0.39, 0.29) is 12.3 Å². The third-order valence-corrected chi connectivity index (χ3v) is 4.79. The number of thioether (sulfide) groups is 1. The lowest BCUT2D eigenvalue weighted by atomic mass is 10.2. The van der Waals surface area contributed by atoms with Gasteiger partial charge in [-0.3, -0.25) is 14.7 Å². The summed E-state index contributed by atoms with van der Waals surface area (Å²) in [4.78, 5) is 22.8. The third-order valence-electron chi connectivity index (χ3n) is 3.76. The summed E-state index contributed by atoms with van der Waals surface area (Å²) in [5, 5.41) is 18.5. The summed E-state index contributed by atoms with van der Waals surface area (Å²) in [6.07, 6.45) is 2.47. The summed E-state index contributed by atoms with van der Waals surface area (Å²) >= 11 is 1.56. The highest BCUT2D eigenvalue weighted by Gasteiger charge is 2.26. The van der Waals surface area contributed by atoms with Crippen molar-refractivity contribution < 1.29 is 14.7 Å². The Bertz CT molecular complexity index is 740. The number of carboxylic acid groups (broad SMARTS) is 1. The molecule has 0 aliphatic heterocycles. The Morgan fingerprint density at radius 3 is 2.92 bits per heavy atom. The van der Waals surface area contributed by atoms with Crippen LogP contribution in [-0.2, 0) is 10.5 Å². The normalized spacial score (nSPS) is 13.7. The molecule has 0 bridgehead atoms. The van der Waals surface area contributed by atoms with E-state index in [9.17, 15) is 9.59 Å². The molecule has 1 aliphatic carbocycles. The summed E-state index contributed by atoms with van der Waals surface area (Å²) in [5.41, 5.74) is 3.19. The molecule has 1 fully saturated rings. The van der Waals surface area contributed by atoms with Crippen LogP contribution in [0.5, 0.6) is 0 Å². The zero-order valence-electron chi connectivity index (χ0n) is 13.1. The highest BCUT2D eigenvalue weighted by molar-refractivity contribution is 7.98. The molecule has 1 amide bonds. The molecule has 6 nitrogen and oxygen atoms in total. The van der Waals surface area contributed by atoms with Crippen molar-refractivity contribution in [3.63, 3.8) is 0 Å². The zero-order valence-corrected chi connectivity index (χ0v) is 13.9. The standard InChI is InChI=1S/C17H19N3O3S/c21-16(22)6-7-24-10-11-2-1-3-13(8-11)18-17(23)15-9-14(19-20-15)12-4-5-12/h1-3,8-9,12H,4-7,10H2,(H,18,23)(H,19,20)(H,21,22). The molecule has 3 rings (SSSR count). The van der Waals surface area contributed by atoms with Gasteiger partial charge in [-0.15, -0.1) is 0 Å². The number of aromatic amines is 1. The number of aromatic nitrogens is 2. The molecule has 7 heteroatoms. The predicted octanol–water partition coefficient (Wildman–Crippen LogP) is 3.25. The monoisotopic (exact) mass is 345 g/mol. The van der Waals surface area contributed by atoms with Crippen molar-refractivity contribution in [1.82, 2.24) is 10.2 Å². The molecule has 126 valence electrons. The Morgan fingerprint density at radius 2 is 2.17 bits per heavy atom. The van der Waals surface area contributed by atoms with Crippen LogP contribution in [0.2, 0.25) is 0 Å². The zero-order chi connectivity index (χ0) is 16.9. The van der Waals surface area contributed by atoms with Gasteiger partial charge in [-0.2, -0.15) is 16.9 Å². The summed E-state index contributed by atoms with van der Waals surface area (Å²) < 4.78 is 0. The van der Waals surface area contributed by atoms with Crippen molar-refractivity contribution in [1.29, 1.82) is 0 Å². The maximum absolute atomic E-state index is 12.3. The van der Waals surface area contributed by atoms with E-state index < -0.39 is 5.97 Å². The first-order chi connectivity index (χ1) is 11.6. The second-order valence-corrected chi connectivity index (χ2v) is 6.94. The summed E-state index contributed by atoms with van der Waals surface area (Å²) in [6.45, 7) is 0. The maximum Gasteiger partial charge on any atom is 0.304 e. The van der Waals surface area contributed by atoms with Crippen LogP contribution >= 0.6 is 11.8 Å². The minimum atomic E-state index is -0.784. The van der Waals surface area contributed by atoms with E-state index in [1.165, 1.54) is 0 Å². The lowest BCUT2D eigenvalue weighted by Crippen LogP contribution is -2.12. The smallest absolute Gasteiger partial charge is 0.304 e. The maximum atomic E-state index is 12.3. The number of nitrogens with one attached hydrogen (secondary N) is 2. The Labute approximate surface area is 144 Å². The fourth-order valence-electron chi connectivity index (χ4n) is 2.34. The molecule has 1 aliphatic rings. The van der Waals surface area contributed by atoms with Gasteiger partial charge >= 0.3 is 5.97 Å². The van der Waals surface area contributed by atoms with Gasteiger partial charge in [-0.25, -0.2) is 0 Å². The number of carbonyl (C=O) groups is 2. The number of H-pyrrole nitrogens is 1. The topological polar surface area (TPSA) is 95.1 Å². The highest BCUT2D eigenvalue weighted by atomic mass is 32.2. The third kappa shape index (κ3) is 4.61. The van der Waals surface area contributed by atoms with E-state index in [4.69, 9.17) is 5.11 Å². The van der Waals surface area contributed by atoms with Crippen LogP contribution < -0.4 is 5.32 Å². The van der Waals surface area contributed by atoms with Crippen molar-refractivity contribution in [3.8, 4) is 0 Å². The molecule has 1 heterocycles. The predicted molar refractivity (Wildman–Crippen MR) is 93.4 cm³/mol. The number of aliphatic carboxylic acids is 1. The average molecular weight is 345 g/mol. The lowest BCUT2D eigenvalue weighted by molar-refractivity contribution is -0.136. The molecule has 0 spiro atoms. The van der Waals surface area contributed by atoms with Gasteiger partial charge in [0.25, 0.3) is 5.91 Å². The molecule has 1 aromatic heterocycles. The van der Waals surface area contributed by atoms with Gasteiger partial charge in [0, 0.05) is 28.8 Å². The van der Waals surface area contributed by atoms with Crippen LogP contribution in [-0.4, -0.2) is 32.9 Å². The summed E-state index contributed by atoms with van der Waals surface area (Å²) in [5.74, 6) is 0.807. The van der Waals surface area contributed by atoms with Crippen LogP contribution in [0, 0.1) is 0 Å². The largest absolute Gasteiger partial charge is 0.481 e. The number of hydrogen-bond acceptors (Lipinski definition) is 4. The minimum absolute atomic E-state index is 0.156. The molecule has 3 N–H and O–H groups in total. The Hall–Kier alpha value is -2.28. The average Bonchev–Trinajstić information content (AvgIpc) is 3.29. The van der Waals surface area contributed by atoms with Crippen molar-refractivity contribution in [3.05, 3.63) is 47.3 Å². The van der Waals surface area contributed by atoms with E-state index >= 15 is 0 Å². The van der Waals surface area contributed by atoms with E-state index in [2.05, 4.69) is 15.5 Å². The first kappa shape index (κ1) is 16.6. The number of carboxylic acids is 1. The Balaban J connectivity index is 1.54. The molecule has 24 heavy (non-hydrogen) atoms. The number of anilines is 1. The summed E-state index contributed by atoms with van der Waals surface area (Å²) in [6, 6.07) is 9.39. The van der Waals surface area contributed by atoms with Crippen LogP contribution in [0.15, 0.2) is 30.3 Å². The van der Waals surface area contributed by atoms with Crippen LogP contribution in [0.1, 0.15) is 46.9 Å². The van der Waals surface area contributed by atoms with Gasteiger partial charge in [-0.1, -0.05) is 12.1 Å². The number of amides is 1. The van der Waals surface area contributed by atoms with Crippen LogP contribution in [0.4, 0.5) is 5.69 Å². The van der Waals surface area contributed by atoms with E-state index in [1.54, 1.807) is 11.8 Å². The number of carbonyl (C=O) groups excluding carboxylic acids is 1. The van der Waals surface area contributed by atoms with Gasteiger partial charge in [-0.05, 0) is 36.6 Å². The van der Waals surface area contributed by atoms with Crippen molar-refractivity contribution in [2.75, 3.05) is 11.1 Å². The molecular formula is C17H19N3O3S. The van der Waals surface area contributed by atoms with Gasteiger partial charge in [0.15, 0.2) is 5.69 Å². The molecule has 0 unspecified atom stereocenters. The van der Waals surface area contributed by atoms with E-state index in [0.29, 0.717) is 28.8 Å². The Morgan fingerprint density at radius 1 is 1.33 bits per heavy atom. The molecule has 1 aromatic carbocycles. The number of rotatable bonds is 8. The molecule has 0 atom stereocenters.